The van der Waals surface area contributed by atoms with Crippen LogP contribution in [-0.2, 0) is 9.84 Å². The van der Waals surface area contributed by atoms with Crippen LogP contribution in [0.15, 0.2) is 29.2 Å². The van der Waals surface area contributed by atoms with Crippen molar-refractivity contribution in [1.82, 2.24) is 5.32 Å². The van der Waals surface area contributed by atoms with Crippen LogP contribution >= 0.6 is 0 Å². The van der Waals surface area contributed by atoms with Crippen molar-refractivity contribution in [1.29, 1.82) is 0 Å². The summed E-state index contributed by atoms with van der Waals surface area (Å²) in [4.78, 5) is 12.1. The summed E-state index contributed by atoms with van der Waals surface area (Å²) in [7, 11) is -3.31. The van der Waals surface area contributed by atoms with Gasteiger partial charge in [-0.2, -0.15) is 0 Å². The monoisotopic (exact) mass is 298 g/mol. The highest BCUT2D eigenvalue weighted by atomic mass is 32.2. The van der Waals surface area contributed by atoms with Gasteiger partial charge in [-0.15, -0.1) is 0 Å². The van der Waals surface area contributed by atoms with Crippen LogP contribution in [0, 0.1) is 5.92 Å². The van der Waals surface area contributed by atoms with Gasteiger partial charge < -0.3 is 11.1 Å². The van der Waals surface area contributed by atoms with Crippen LogP contribution in [0.3, 0.4) is 0 Å². The van der Waals surface area contributed by atoms with E-state index >= 15 is 0 Å². The first-order valence-electron chi connectivity index (χ1n) is 6.54. The minimum atomic E-state index is -3.31. The number of benzene rings is 1. The molecular weight excluding hydrogens is 276 g/mol. The third-order valence-corrected chi connectivity index (χ3v) is 3.93. The SMILES string of the molecule is CC(C)CC(N)CNC(=O)c1cccc(S(C)(=O)=O)c1. The average molecular weight is 298 g/mol. The van der Waals surface area contributed by atoms with Gasteiger partial charge in [0.1, 0.15) is 0 Å². The maximum atomic E-state index is 12.0. The Morgan fingerprint density at radius 3 is 2.55 bits per heavy atom. The van der Waals surface area contributed by atoms with Gasteiger partial charge in [-0.1, -0.05) is 19.9 Å². The van der Waals surface area contributed by atoms with Crippen LogP contribution in [0.2, 0.25) is 0 Å². The Hall–Kier alpha value is -1.40. The summed E-state index contributed by atoms with van der Waals surface area (Å²) in [6.07, 6.45) is 1.94. The van der Waals surface area contributed by atoms with E-state index in [1.54, 1.807) is 12.1 Å². The minimum absolute atomic E-state index is 0.1000. The first-order valence-corrected chi connectivity index (χ1v) is 8.43. The zero-order valence-electron chi connectivity index (χ0n) is 12.1. The number of nitrogens with two attached hydrogens (primary N) is 1. The van der Waals surface area contributed by atoms with Crippen molar-refractivity contribution in [2.45, 2.75) is 31.2 Å². The fourth-order valence-corrected chi connectivity index (χ4v) is 2.55. The minimum Gasteiger partial charge on any atom is -0.350 e. The van der Waals surface area contributed by atoms with E-state index in [1.165, 1.54) is 12.1 Å². The summed E-state index contributed by atoms with van der Waals surface area (Å²) in [6, 6.07) is 5.88. The van der Waals surface area contributed by atoms with Crippen molar-refractivity contribution in [3.8, 4) is 0 Å². The predicted octanol–water partition coefficient (Wildman–Crippen LogP) is 1.19. The molecule has 1 rings (SSSR count). The Morgan fingerprint density at radius 2 is 2.00 bits per heavy atom. The maximum Gasteiger partial charge on any atom is 0.251 e. The molecular formula is C14H22N2O3S. The van der Waals surface area contributed by atoms with Crippen LogP contribution < -0.4 is 11.1 Å². The summed E-state index contributed by atoms with van der Waals surface area (Å²) in [6.45, 7) is 4.51. The molecule has 0 saturated carbocycles. The second-order valence-corrected chi connectivity index (χ2v) is 7.42. The van der Waals surface area contributed by atoms with Crippen LogP contribution in [0.4, 0.5) is 0 Å². The Kier molecular flexibility index (Phi) is 5.71. The number of sulfone groups is 1. The number of nitrogens with one attached hydrogen (secondary N) is 1. The molecule has 6 heteroatoms. The van der Waals surface area contributed by atoms with Crippen LogP contribution in [0.5, 0.6) is 0 Å². The van der Waals surface area contributed by atoms with Crippen LogP contribution in [-0.4, -0.2) is 33.2 Å². The normalized spacial score (nSPS) is 13.2. The Bertz CT molecular complexity index is 568. The van der Waals surface area contributed by atoms with Gasteiger partial charge in [-0.3, -0.25) is 4.79 Å². The zero-order valence-corrected chi connectivity index (χ0v) is 12.9. The van der Waals surface area contributed by atoms with Gasteiger partial charge in [0.05, 0.1) is 4.90 Å². The summed E-state index contributed by atoms with van der Waals surface area (Å²) < 4.78 is 22.9. The van der Waals surface area contributed by atoms with Crippen molar-refractivity contribution in [3.63, 3.8) is 0 Å². The standard InChI is InChI=1S/C14H22N2O3S/c1-10(2)7-12(15)9-16-14(17)11-5-4-6-13(8-11)20(3,18)19/h4-6,8,10,12H,7,9,15H2,1-3H3,(H,16,17). The van der Waals surface area contributed by atoms with E-state index in [0.29, 0.717) is 18.0 Å². The first-order chi connectivity index (χ1) is 9.20. The Balaban J connectivity index is 2.69. The van der Waals surface area contributed by atoms with Gasteiger partial charge >= 0.3 is 0 Å². The highest BCUT2D eigenvalue weighted by Gasteiger charge is 2.12. The van der Waals surface area contributed by atoms with E-state index in [1.807, 2.05) is 0 Å². The fourth-order valence-electron chi connectivity index (χ4n) is 1.88. The van der Waals surface area contributed by atoms with Crippen molar-refractivity contribution in [3.05, 3.63) is 29.8 Å². The largest absolute Gasteiger partial charge is 0.350 e. The molecule has 0 aromatic heterocycles. The molecule has 0 saturated heterocycles. The summed E-state index contributed by atoms with van der Waals surface area (Å²) in [5, 5.41) is 2.72. The summed E-state index contributed by atoms with van der Waals surface area (Å²) >= 11 is 0. The molecule has 0 fully saturated rings. The summed E-state index contributed by atoms with van der Waals surface area (Å²) in [5.74, 6) is 0.158. The lowest BCUT2D eigenvalue weighted by Crippen LogP contribution is -2.38. The number of rotatable bonds is 6. The van der Waals surface area contributed by atoms with E-state index in [2.05, 4.69) is 19.2 Å². The van der Waals surface area contributed by atoms with Gasteiger partial charge in [0.25, 0.3) is 5.91 Å². The number of carbonyl (C=O) groups is 1. The van der Waals surface area contributed by atoms with E-state index in [-0.39, 0.29) is 16.8 Å². The third-order valence-electron chi connectivity index (χ3n) is 2.82. The third kappa shape index (κ3) is 5.30. The number of carbonyl (C=O) groups excluding carboxylic acids is 1. The zero-order chi connectivity index (χ0) is 15.3. The number of hydrogen-bond donors (Lipinski definition) is 2. The smallest absolute Gasteiger partial charge is 0.251 e. The van der Waals surface area contributed by atoms with Crippen molar-refractivity contribution in [2.24, 2.45) is 11.7 Å². The van der Waals surface area contributed by atoms with Gasteiger partial charge in [-0.25, -0.2) is 8.42 Å². The lowest BCUT2D eigenvalue weighted by molar-refractivity contribution is 0.0950. The Labute approximate surface area is 120 Å². The molecule has 1 atom stereocenters. The molecule has 1 aromatic carbocycles. The molecule has 0 aliphatic carbocycles. The lowest BCUT2D eigenvalue weighted by Gasteiger charge is -2.15. The highest BCUT2D eigenvalue weighted by molar-refractivity contribution is 7.90. The van der Waals surface area contributed by atoms with Gasteiger partial charge in [0.15, 0.2) is 9.84 Å². The molecule has 0 spiro atoms. The molecule has 0 aliphatic rings. The molecule has 1 unspecified atom stereocenters. The van der Waals surface area contributed by atoms with Gasteiger partial charge in [-0.05, 0) is 30.5 Å². The number of hydrogen-bond acceptors (Lipinski definition) is 4. The number of amides is 1. The second kappa shape index (κ2) is 6.85. The molecule has 1 amide bonds. The molecule has 20 heavy (non-hydrogen) atoms. The van der Waals surface area contributed by atoms with Gasteiger partial charge in [0, 0.05) is 24.4 Å². The van der Waals surface area contributed by atoms with Crippen molar-refractivity contribution < 1.29 is 13.2 Å². The first kappa shape index (κ1) is 16.7. The van der Waals surface area contributed by atoms with Gasteiger partial charge in [0.2, 0.25) is 0 Å². The van der Waals surface area contributed by atoms with Crippen molar-refractivity contribution in [2.75, 3.05) is 12.8 Å². The quantitative estimate of drug-likeness (QED) is 0.825. The van der Waals surface area contributed by atoms with E-state index < -0.39 is 9.84 Å². The molecule has 112 valence electrons. The predicted molar refractivity (Wildman–Crippen MR) is 79.3 cm³/mol. The van der Waals surface area contributed by atoms with E-state index in [0.717, 1.165) is 12.7 Å². The van der Waals surface area contributed by atoms with Crippen molar-refractivity contribution >= 4 is 15.7 Å². The molecule has 0 aliphatic heterocycles. The molecule has 5 nitrogen and oxygen atoms in total. The van der Waals surface area contributed by atoms with E-state index in [9.17, 15) is 13.2 Å². The molecule has 0 radical (unpaired) electrons. The topological polar surface area (TPSA) is 89.3 Å². The highest BCUT2D eigenvalue weighted by Crippen LogP contribution is 2.11. The Morgan fingerprint density at radius 1 is 1.35 bits per heavy atom. The summed E-state index contributed by atoms with van der Waals surface area (Å²) in [5.41, 5.74) is 6.21. The average Bonchev–Trinajstić information content (AvgIpc) is 2.34. The molecule has 1 aromatic rings. The fraction of sp³-hybridized carbons (Fsp3) is 0.500. The maximum absolute atomic E-state index is 12.0. The molecule has 3 N–H and O–H groups in total. The lowest BCUT2D eigenvalue weighted by atomic mass is 10.0. The van der Waals surface area contributed by atoms with E-state index in [4.69, 9.17) is 5.73 Å². The molecule has 0 bridgehead atoms. The second-order valence-electron chi connectivity index (χ2n) is 5.40. The van der Waals surface area contributed by atoms with Crippen LogP contribution in [0.25, 0.3) is 0 Å². The molecule has 0 heterocycles. The van der Waals surface area contributed by atoms with Crippen LogP contribution in [0.1, 0.15) is 30.6 Å².